The second-order valence-corrected chi connectivity index (χ2v) is 11.3. The van der Waals surface area contributed by atoms with Crippen molar-refractivity contribution in [2.45, 2.75) is 78.4 Å². The van der Waals surface area contributed by atoms with E-state index < -0.39 is 8.32 Å². The molecule has 0 aliphatic heterocycles. The third-order valence-corrected chi connectivity index (χ3v) is 8.53. The first-order chi connectivity index (χ1) is 7.24. The van der Waals surface area contributed by atoms with Crippen LogP contribution in [0.15, 0.2) is 0 Å². The first-order valence-electron chi connectivity index (χ1n) is 6.88. The summed E-state index contributed by atoms with van der Waals surface area (Å²) in [6.45, 7) is 17.2. The van der Waals surface area contributed by atoms with Crippen LogP contribution in [-0.2, 0) is 4.43 Å². The van der Waals surface area contributed by atoms with Crippen LogP contribution in [0.2, 0.25) is 18.1 Å². The minimum Gasteiger partial charge on any atom is -0.417 e. The van der Waals surface area contributed by atoms with Crippen LogP contribution in [0, 0.1) is 5.92 Å². The smallest absolute Gasteiger partial charge is 0.191 e. The highest BCUT2D eigenvalue weighted by Gasteiger charge is 2.37. The Morgan fingerprint density at radius 2 is 1.69 bits per heavy atom. The molecule has 0 fully saturated rings. The fourth-order valence-electron chi connectivity index (χ4n) is 1.44. The van der Waals surface area contributed by atoms with Crippen molar-refractivity contribution >= 4 is 8.32 Å². The lowest BCUT2D eigenvalue weighted by Gasteiger charge is -2.37. The molecule has 0 aromatic rings. The molecule has 1 nitrogen and oxygen atoms in total. The summed E-state index contributed by atoms with van der Waals surface area (Å²) in [5.41, 5.74) is 0. The molecule has 0 bridgehead atoms. The van der Waals surface area contributed by atoms with Gasteiger partial charge in [-0.25, -0.2) is 0 Å². The lowest BCUT2D eigenvalue weighted by atomic mass is 10.0. The van der Waals surface area contributed by atoms with Gasteiger partial charge in [-0.2, -0.15) is 0 Å². The average Bonchev–Trinajstić information content (AvgIpc) is 2.16. The molecule has 0 rings (SSSR count). The van der Waals surface area contributed by atoms with Gasteiger partial charge in [-0.15, -0.1) is 0 Å². The summed E-state index contributed by atoms with van der Waals surface area (Å²) in [7, 11) is -1.52. The van der Waals surface area contributed by atoms with Crippen LogP contribution in [0.4, 0.5) is 0 Å². The Morgan fingerprint density at radius 1 is 1.12 bits per heavy atom. The average molecular weight is 244 g/mol. The summed E-state index contributed by atoms with van der Waals surface area (Å²) in [6, 6.07) is 0. The van der Waals surface area contributed by atoms with Crippen molar-refractivity contribution in [1.29, 1.82) is 0 Å². The van der Waals surface area contributed by atoms with E-state index in [4.69, 9.17) is 4.43 Å². The molecule has 0 heterocycles. The van der Waals surface area contributed by atoms with E-state index in [0.29, 0.717) is 5.04 Å². The van der Waals surface area contributed by atoms with E-state index in [1.54, 1.807) is 0 Å². The van der Waals surface area contributed by atoms with Gasteiger partial charge in [-0.3, -0.25) is 0 Å². The molecule has 0 spiro atoms. The molecule has 0 saturated heterocycles. The number of hydrogen-bond acceptors (Lipinski definition) is 1. The lowest BCUT2D eigenvalue weighted by molar-refractivity contribution is 0.214. The van der Waals surface area contributed by atoms with Crippen LogP contribution in [0.1, 0.15) is 60.3 Å². The minimum absolute atomic E-state index is 0.343. The van der Waals surface area contributed by atoms with Crippen molar-refractivity contribution in [3.8, 4) is 0 Å². The van der Waals surface area contributed by atoms with Crippen LogP contribution >= 0.6 is 0 Å². The van der Waals surface area contributed by atoms with E-state index in [1.807, 2.05) is 0 Å². The molecular weight excluding hydrogens is 212 g/mol. The van der Waals surface area contributed by atoms with Crippen LogP contribution < -0.4 is 0 Å². The highest BCUT2D eigenvalue weighted by molar-refractivity contribution is 6.74. The third kappa shape index (κ3) is 5.49. The maximum absolute atomic E-state index is 6.28. The zero-order chi connectivity index (χ0) is 12.8. The van der Waals surface area contributed by atoms with Crippen molar-refractivity contribution < 1.29 is 4.43 Å². The Hall–Kier alpha value is 0.177. The van der Waals surface area contributed by atoms with Crippen molar-refractivity contribution in [2.24, 2.45) is 5.92 Å². The van der Waals surface area contributed by atoms with Gasteiger partial charge in [0.2, 0.25) is 0 Å². The Kier molecular flexibility index (Phi) is 6.88. The molecule has 0 aromatic carbocycles. The molecule has 16 heavy (non-hydrogen) atoms. The normalized spacial score (nSPS) is 15.2. The summed E-state index contributed by atoms with van der Waals surface area (Å²) in [6.07, 6.45) is 5.24. The molecule has 2 heteroatoms. The van der Waals surface area contributed by atoms with Crippen LogP contribution in [0.5, 0.6) is 0 Å². The molecule has 0 saturated carbocycles. The molecule has 1 atom stereocenters. The monoisotopic (exact) mass is 244 g/mol. The van der Waals surface area contributed by atoms with Gasteiger partial charge in [-0.1, -0.05) is 53.9 Å². The molecule has 0 amide bonds. The first kappa shape index (κ1) is 16.2. The second kappa shape index (κ2) is 6.80. The molecule has 0 radical (unpaired) electrons. The van der Waals surface area contributed by atoms with E-state index in [-0.39, 0.29) is 0 Å². The minimum atomic E-state index is -1.52. The predicted octanol–water partition coefficient (Wildman–Crippen LogP) is 5.22. The fraction of sp³-hybridized carbons (Fsp3) is 1.00. The number of rotatable bonds is 7. The predicted molar refractivity (Wildman–Crippen MR) is 76.5 cm³/mol. The summed E-state index contributed by atoms with van der Waals surface area (Å²) < 4.78 is 6.28. The maximum atomic E-state index is 6.28. The number of unbranched alkanes of at least 4 members (excludes halogenated alkanes) is 1. The van der Waals surface area contributed by atoms with E-state index in [2.05, 4.69) is 47.7 Å². The Morgan fingerprint density at radius 3 is 2.06 bits per heavy atom. The molecule has 0 N–H and O–H groups in total. The van der Waals surface area contributed by atoms with E-state index in [9.17, 15) is 0 Å². The first-order valence-corrected chi connectivity index (χ1v) is 9.79. The van der Waals surface area contributed by atoms with Gasteiger partial charge in [-0.05, 0) is 30.5 Å². The standard InChI is InChI=1S/C14H32OSi/c1-8-10-11-13(9-2)12-15-16(6,7)14(3,4)5/h13H,8-12H2,1-7H3. The van der Waals surface area contributed by atoms with Gasteiger partial charge in [0.25, 0.3) is 0 Å². The van der Waals surface area contributed by atoms with Gasteiger partial charge >= 0.3 is 0 Å². The van der Waals surface area contributed by atoms with Gasteiger partial charge < -0.3 is 4.43 Å². The molecular formula is C14H32OSi. The molecule has 0 aromatic heterocycles. The zero-order valence-corrected chi connectivity index (χ0v) is 13.5. The quantitative estimate of drug-likeness (QED) is 0.558. The van der Waals surface area contributed by atoms with E-state index in [1.165, 1.54) is 25.7 Å². The highest BCUT2D eigenvalue weighted by Crippen LogP contribution is 2.37. The Bertz CT molecular complexity index is 182. The highest BCUT2D eigenvalue weighted by atomic mass is 28.4. The summed E-state index contributed by atoms with van der Waals surface area (Å²) >= 11 is 0. The molecule has 98 valence electrons. The lowest BCUT2D eigenvalue weighted by Crippen LogP contribution is -2.41. The van der Waals surface area contributed by atoms with Gasteiger partial charge in [0.05, 0.1) is 0 Å². The third-order valence-electron chi connectivity index (χ3n) is 4.03. The van der Waals surface area contributed by atoms with Crippen molar-refractivity contribution in [3.05, 3.63) is 0 Å². The van der Waals surface area contributed by atoms with Crippen LogP contribution in [0.3, 0.4) is 0 Å². The van der Waals surface area contributed by atoms with E-state index >= 15 is 0 Å². The van der Waals surface area contributed by atoms with Crippen molar-refractivity contribution in [1.82, 2.24) is 0 Å². The maximum Gasteiger partial charge on any atom is 0.191 e. The Balaban J connectivity index is 4.10. The molecule has 0 aliphatic rings. The largest absolute Gasteiger partial charge is 0.417 e. The summed E-state index contributed by atoms with van der Waals surface area (Å²) in [5, 5.41) is 0.343. The van der Waals surface area contributed by atoms with E-state index in [0.717, 1.165) is 12.5 Å². The fourth-order valence-corrected chi connectivity index (χ4v) is 2.53. The molecule has 1 unspecified atom stereocenters. The Labute approximate surface area is 104 Å². The van der Waals surface area contributed by atoms with Gasteiger partial charge in [0, 0.05) is 6.61 Å². The number of hydrogen-bond donors (Lipinski definition) is 0. The molecule has 0 aliphatic carbocycles. The summed E-state index contributed by atoms with van der Waals surface area (Å²) in [5.74, 6) is 0.772. The van der Waals surface area contributed by atoms with Crippen molar-refractivity contribution in [3.63, 3.8) is 0 Å². The summed E-state index contributed by atoms with van der Waals surface area (Å²) in [4.78, 5) is 0. The van der Waals surface area contributed by atoms with Crippen molar-refractivity contribution in [2.75, 3.05) is 6.61 Å². The van der Waals surface area contributed by atoms with Gasteiger partial charge in [0.15, 0.2) is 8.32 Å². The van der Waals surface area contributed by atoms with Gasteiger partial charge in [0.1, 0.15) is 0 Å². The second-order valence-electron chi connectivity index (χ2n) is 6.49. The zero-order valence-electron chi connectivity index (χ0n) is 12.5. The topological polar surface area (TPSA) is 9.23 Å². The SMILES string of the molecule is CCCCC(CC)CO[Si](C)(C)C(C)(C)C. The van der Waals surface area contributed by atoms with Crippen LogP contribution in [0.25, 0.3) is 0 Å². The van der Waals surface area contributed by atoms with Crippen LogP contribution in [-0.4, -0.2) is 14.9 Å².